The highest BCUT2D eigenvalue weighted by Crippen LogP contribution is 2.31. The number of aromatic nitrogens is 1. The summed E-state index contributed by atoms with van der Waals surface area (Å²) >= 11 is 0. The predicted molar refractivity (Wildman–Crippen MR) is 97.5 cm³/mol. The molecule has 1 saturated carbocycles. The summed E-state index contributed by atoms with van der Waals surface area (Å²) in [5, 5.41) is 5.80. The number of hydrogen-bond acceptors (Lipinski definition) is 4. The zero-order valence-electron chi connectivity index (χ0n) is 14.5. The number of benzene rings is 1. The molecule has 1 aromatic carbocycles. The molecule has 2 N–H and O–H groups in total. The van der Waals surface area contributed by atoms with Crippen LogP contribution in [0, 0.1) is 5.92 Å². The van der Waals surface area contributed by atoms with Crippen molar-refractivity contribution in [1.29, 1.82) is 0 Å². The van der Waals surface area contributed by atoms with E-state index in [-0.39, 0.29) is 17.7 Å². The highest BCUT2D eigenvalue weighted by atomic mass is 16.2. The summed E-state index contributed by atoms with van der Waals surface area (Å²) < 4.78 is 0. The molecule has 1 aromatic heterocycles. The van der Waals surface area contributed by atoms with Gasteiger partial charge in [0.15, 0.2) is 0 Å². The lowest BCUT2D eigenvalue weighted by Crippen LogP contribution is -2.26. The summed E-state index contributed by atoms with van der Waals surface area (Å²) in [4.78, 5) is 30.5. The highest BCUT2D eigenvalue weighted by molar-refractivity contribution is 6.02. The van der Waals surface area contributed by atoms with Gasteiger partial charge < -0.3 is 15.5 Å². The van der Waals surface area contributed by atoms with Crippen molar-refractivity contribution < 1.29 is 9.59 Å². The first kappa shape index (κ1) is 17.0. The van der Waals surface area contributed by atoms with E-state index < -0.39 is 0 Å². The molecular weight excluding hydrogens is 316 g/mol. The molecule has 0 aliphatic heterocycles. The average Bonchev–Trinajstić information content (AvgIpc) is 3.45. The van der Waals surface area contributed by atoms with E-state index in [0.29, 0.717) is 17.8 Å². The Morgan fingerprint density at radius 3 is 2.68 bits per heavy atom. The van der Waals surface area contributed by atoms with Crippen LogP contribution in [0.15, 0.2) is 42.7 Å². The zero-order chi connectivity index (χ0) is 17.8. The SMILES string of the molecule is CN(C)c1ccc(NC(=O)C2CC2)cc1C(=O)NCc1cccnc1. The third-order valence-electron chi connectivity index (χ3n) is 4.11. The first-order valence-electron chi connectivity index (χ1n) is 8.34. The maximum Gasteiger partial charge on any atom is 0.253 e. The number of pyridine rings is 1. The number of anilines is 2. The highest BCUT2D eigenvalue weighted by Gasteiger charge is 2.29. The fraction of sp³-hybridized carbons (Fsp3) is 0.316. The van der Waals surface area contributed by atoms with Crippen molar-refractivity contribution in [2.45, 2.75) is 19.4 Å². The predicted octanol–water partition coefficient (Wildman–Crippen LogP) is 2.43. The smallest absolute Gasteiger partial charge is 0.253 e. The van der Waals surface area contributed by atoms with Gasteiger partial charge in [-0.2, -0.15) is 0 Å². The Labute approximate surface area is 147 Å². The number of carbonyl (C=O) groups is 2. The van der Waals surface area contributed by atoms with Crippen LogP contribution in [0.1, 0.15) is 28.8 Å². The first-order chi connectivity index (χ1) is 12.0. The molecule has 6 heteroatoms. The van der Waals surface area contributed by atoms with E-state index in [9.17, 15) is 9.59 Å². The molecule has 0 unspecified atom stereocenters. The first-order valence-corrected chi connectivity index (χ1v) is 8.34. The number of nitrogens with zero attached hydrogens (tertiary/aromatic N) is 2. The lowest BCUT2D eigenvalue weighted by Gasteiger charge is -2.18. The monoisotopic (exact) mass is 338 g/mol. The molecule has 0 atom stereocenters. The van der Waals surface area contributed by atoms with Crippen molar-refractivity contribution in [3.63, 3.8) is 0 Å². The van der Waals surface area contributed by atoms with Gasteiger partial charge in [0.05, 0.1) is 5.56 Å². The van der Waals surface area contributed by atoms with Crippen molar-refractivity contribution in [2.75, 3.05) is 24.3 Å². The minimum Gasteiger partial charge on any atom is -0.377 e. The third-order valence-corrected chi connectivity index (χ3v) is 4.11. The lowest BCUT2D eigenvalue weighted by atomic mass is 10.1. The summed E-state index contributed by atoms with van der Waals surface area (Å²) in [5.74, 6) is -0.0363. The summed E-state index contributed by atoms with van der Waals surface area (Å²) in [6.45, 7) is 0.401. The van der Waals surface area contributed by atoms with Crippen LogP contribution >= 0.6 is 0 Å². The Morgan fingerprint density at radius 2 is 2.04 bits per heavy atom. The molecule has 2 aromatic rings. The second kappa shape index (κ2) is 7.34. The van der Waals surface area contributed by atoms with Crippen LogP contribution in [0.3, 0.4) is 0 Å². The van der Waals surface area contributed by atoms with Gasteiger partial charge in [0.1, 0.15) is 0 Å². The molecule has 0 saturated heterocycles. The fourth-order valence-electron chi connectivity index (χ4n) is 2.56. The van der Waals surface area contributed by atoms with Crippen LogP contribution in [0.4, 0.5) is 11.4 Å². The molecule has 0 radical (unpaired) electrons. The van der Waals surface area contributed by atoms with Crippen LogP contribution in [-0.2, 0) is 11.3 Å². The van der Waals surface area contributed by atoms with Crippen molar-refractivity contribution in [3.8, 4) is 0 Å². The van der Waals surface area contributed by atoms with E-state index in [1.165, 1.54) is 0 Å². The normalized spacial score (nSPS) is 13.2. The largest absolute Gasteiger partial charge is 0.377 e. The van der Waals surface area contributed by atoms with Crippen LogP contribution in [0.2, 0.25) is 0 Å². The molecule has 130 valence electrons. The van der Waals surface area contributed by atoms with Crippen molar-refractivity contribution in [1.82, 2.24) is 10.3 Å². The molecule has 6 nitrogen and oxygen atoms in total. The van der Waals surface area contributed by atoms with Crippen molar-refractivity contribution in [2.24, 2.45) is 5.92 Å². The Bertz CT molecular complexity index is 770. The van der Waals surface area contributed by atoms with Crippen LogP contribution in [0.25, 0.3) is 0 Å². The van der Waals surface area contributed by atoms with E-state index in [1.54, 1.807) is 18.5 Å². The van der Waals surface area contributed by atoms with Crippen molar-refractivity contribution in [3.05, 3.63) is 53.9 Å². The molecule has 3 rings (SSSR count). The maximum atomic E-state index is 12.7. The van der Waals surface area contributed by atoms with E-state index in [1.807, 2.05) is 43.3 Å². The van der Waals surface area contributed by atoms with Gasteiger partial charge in [-0.25, -0.2) is 0 Å². The van der Waals surface area contributed by atoms with Crippen molar-refractivity contribution >= 4 is 23.2 Å². The molecular formula is C19H22N4O2. The number of carbonyl (C=O) groups excluding carboxylic acids is 2. The van der Waals surface area contributed by atoms with Gasteiger partial charge in [0.25, 0.3) is 5.91 Å². The van der Waals surface area contributed by atoms with Gasteiger partial charge >= 0.3 is 0 Å². The minimum atomic E-state index is -0.185. The number of nitrogens with one attached hydrogen (secondary N) is 2. The second-order valence-corrected chi connectivity index (χ2v) is 6.43. The maximum absolute atomic E-state index is 12.7. The van der Waals surface area contributed by atoms with E-state index in [4.69, 9.17) is 0 Å². The van der Waals surface area contributed by atoms with Gasteiger partial charge in [-0.15, -0.1) is 0 Å². The van der Waals surface area contributed by atoms with Gasteiger partial charge in [-0.1, -0.05) is 6.07 Å². The number of hydrogen-bond donors (Lipinski definition) is 2. The lowest BCUT2D eigenvalue weighted by molar-refractivity contribution is -0.117. The van der Waals surface area contributed by atoms with Crippen LogP contribution in [0.5, 0.6) is 0 Å². The molecule has 1 heterocycles. The quantitative estimate of drug-likeness (QED) is 0.848. The Balaban J connectivity index is 1.76. The van der Waals surface area contributed by atoms with Gasteiger partial charge in [-0.05, 0) is 42.7 Å². The molecule has 0 bridgehead atoms. The number of amides is 2. The Kier molecular flexibility index (Phi) is 4.97. The van der Waals surface area contributed by atoms with E-state index in [0.717, 1.165) is 24.1 Å². The topological polar surface area (TPSA) is 74.3 Å². The Hall–Kier alpha value is -2.89. The zero-order valence-corrected chi connectivity index (χ0v) is 14.5. The molecule has 1 aliphatic rings. The van der Waals surface area contributed by atoms with Crippen LogP contribution < -0.4 is 15.5 Å². The van der Waals surface area contributed by atoms with E-state index >= 15 is 0 Å². The molecule has 1 fully saturated rings. The number of rotatable bonds is 6. The molecule has 1 aliphatic carbocycles. The average molecular weight is 338 g/mol. The standard InChI is InChI=1S/C19H22N4O2/c1-23(2)17-8-7-15(22-18(24)14-5-6-14)10-16(17)19(25)21-12-13-4-3-9-20-11-13/h3-4,7-11,14H,5-6,12H2,1-2H3,(H,21,25)(H,22,24). The summed E-state index contributed by atoms with van der Waals surface area (Å²) in [6, 6.07) is 9.15. The minimum absolute atomic E-state index is 0.0271. The Morgan fingerprint density at radius 1 is 1.24 bits per heavy atom. The second-order valence-electron chi connectivity index (χ2n) is 6.43. The van der Waals surface area contributed by atoms with Gasteiger partial charge in [0, 0.05) is 50.3 Å². The molecule has 25 heavy (non-hydrogen) atoms. The van der Waals surface area contributed by atoms with Gasteiger partial charge in [0.2, 0.25) is 5.91 Å². The fourth-order valence-corrected chi connectivity index (χ4v) is 2.56. The summed E-state index contributed by atoms with van der Waals surface area (Å²) in [5.41, 5.74) is 2.91. The summed E-state index contributed by atoms with van der Waals surface area (Å²) in [7, 11) is 3.77. The van der Waals surface area contributed by atoms with Crippen LogP contribution in [-0.4, -0.2) is 30.9 Å². The van der Waals surface area contributed by atoms with E-state index in [2.05, 4.69) is 15.6 Å². The third kappa shape index (κ3) is 4.35. The molecule has 0 spiro atoms. The molecule has 2 amide bonds. The van der Waals surface area contributed by atoms with Gasteiger partial charge in [-0.3, -0.25) is 14.6 Å². The summed E-state index contributed by atoms with van der Waals surface area (Å²) in [6.07, 6.45) is 5.31.